The monoisotopic (exact) mass is 307 g/mol. The highest BCUT2D eigenvalue weighted by atomic mass is 35.5. The first-order chi connectivity index (χ1) is 10.0. The van der Waals surface area contributed by atoms with Crippen LogP contribution in [-0.4, -0.2) is 4.92 Å². The molecule has 0 aromatic heterocycles. The highest BCUT2D eigenvalue weighted by Gasteiger charge is 2.17. The fraction of sp³-hybridized carbons (Fsp3) is 0.143. The number of benzene rings is 2. The SMILES string of the molecule is Cc1ccc(Cl)c(OCc2cccc([N+](=O)[O-])c2NN)c1. The topological polar surface area (TPSA) is 90.4 Å². The summed E-state index contributed by atoms with van der Waals surface area (Å²) < 4.78 is 5.63. The second kappa shape index (κ2) is 6.43. The number of ether oxygens (including phenoxy) is 1. The lowest BCUT2D eigenvalue weighted by molar-refractivity contribution is -0.384. The zero-order valence-electron chi connectivity index (χ0n) is 11.3. The molecule has 0 saturated heterocycles. The number of nitro groups is 1. The number of para-hydroxylation sites is 1. The molecule has 2 aromatic carbocycles. The van der Waals surface area contributed by atoms with Crippen LogP contribution < -0.4 is 16.0 Å². The Morgan fingerprint density at radius 2 is 2.14 bits per heavy atom. The number of rotatable bonds is 5. The lowest BCUT2D eigenvalue weighted by Crippen LogP contribution is -2.12. The molecule has 0 unspecified atom stereocenters. The van der Waals surface area contributed by atoms with Crippen LogP contribution in [0.25, 0.3) is 0 Å². The minimum absolute atomic E-state index is 0.103. The second-order valence-electron chi connectivity index (χ2n) is 4.44. The summed E-state index contributed by atoms with van der Waals surface area (Å²) in [4.78, 5) is 10.5. The van der Waals surface area contributed by atoms with Crippen molar-refractivity contribution < 1.29 is 9.66 Å². The van der Waals surface area contributed by atoms with Gasteiger partial charge in [0.1, 0.15) is 18.0 Å². The van der Waals surface area contributed by atoms with E-state index in [4.69, 9.17) is 22.2 Å². The van der Waals surface area contributed by atoms with Crippen LogP contribution >= 0.6 is 11.6 Å². The average Bonchev–Trinajstić information content (AvgIpc) is 2.47. The number of nitrogens with one attached hydrogen (secondary N) is 1. The van der Waals surface area contributed by atoms with Crippen LogP contribution in [0.4, 0.5) is 11.4 Å². The maximum atomic E-state index is 11.0. The Hall–Kier alpha value is -2.31. The van der Waals surface area contributed by atoms with Gasteiger partial charge in [-0.25, -0.2) is 0 Å². The first-order valence-electron chi connectivity index (χ1n) is 6.14. The first-order valence-corrected chi connectivity index (χ1v) is 6.52. The van der Waals surface area contributed by atoms with Crippen LogP contribution in [-0.2, 0) is 6.61 Å². The van der Waals surface area contributed by atoms with Crippen molar-refractivity contribution >= 4 is 23.0 Å². The fourth-order valence-electron chi connectivity index (χ4n) is 1.90. The lowest BCUT2D eigenvalue weighted by Gasteiger charge is -2.12. The van der Waals surface area contributed by atoms with Crippen LogP contribution in [0.2, 0.25) is 5.02 Å². The van der Waals surface area contributed by atoms with Gasteiger partial charge in [0.05, 0.1) is 9.95 Å². The van der Waals surface area contributed by atoms with Gasteiger partial charge in [-0.1, -0.05) is 29.8 Å². The Balaban J connectivity index is 2.26. The molecule has 3 N–H and O–H groups in total. The van der Waals surface area contributed by atoms with Crippen LogP contribution in [0.3, 0.4) is 0 Å². The maximum Gasteiger partial charge on any atom is 0.294 e. The van der Waals surface area contributed by atoms with E-state index in [0.29, 0.717) is 16.3 Å². The van der Waals surface area contributed by atoms with Gasteiger partial charge in [0, 0.05) is 11.6 Å². The van der Waals surface area contributed by atoms with Crippen molar-refractivity contribution in [3.05, 3.63) is 62.7 Å². The van der Waals surface area contributed by atoms with Gasteiger partial charge in [0.2, 0.25) is 0 Å². The Bertz CT molecular complexity index is 677. The fourth-order valence-corrected chi connectivity index (χ4v) is 2.07. The third-order valence-corrected chi connectivity index (χ3v) is 3.25. The van der Waals surface area contributed by atoms with Crippen molar-refractivity contribution in [2.24, 2.45) is 5.84 Å². The third kappa shape index (κ3) is 3.42. The molecule has 0 amide bonds. The average molecular weight is 308 g/mol. The number of nitrogen functional groups attached to an aromatic ring is 1. The van der Waals surface area contributed by atoms with E-state index in [1.165, 1.54) is 6.07 Å². The van der Waals surface area contributed by atoms with Crippen LogP contribution in [0.5, 0.6) is 5.75 Å². The van der Waals surface area contributed by atoms with E-state index in [1.54, 1.807) is 24.3 Å². The molecule has 7 heteroatoms. The van der Waals surface area contributed by atoms with E-state index >= 15 is 0 Å². The van der Waals surface area contributed by atoms with Crippen molar-refractivity contribution in [1.82, 2.24) is 0 Å². The summed E-state index contributed by atoms with van der Waals surface area (Å²) in [5.41, 5.74) is 4.06. The molecule has 0 bridgehead atoms. The first kappa shape index (κ1) is 15.1. The van der Waals surface area contributed by atoms with Crippen LogP contribution in [0, 0.1) is 17.0 Å². The zero-order valence-corrected chi connectivity index (χ0v) is 12.1. The molecular weight excluding hydrogens is 294 g/mol. The molecule has 0 spiro atoms. The molecular formula is C14H14ClN3O3. The molecule has 2 aromatic rings. The number of aryl methyl sites for hydroxylation is 1. The quantitative estimate of drug-likeness (QED) is 0.502. The molecule has 0 heterocycles. The molecule has 0 aliphatic heterocycles. The number of hydrazine groups is 1. The van der Waals surface area contributed by atoms with Gasteiger partial charge in [-0.15, -0.1) is 0 Å². The standard InChI is InChI=1S/C14H14ClN3O3/c1-9-5-6-11(15)13(7-9)21-8-10-3-2-4-12(18(19)20)14(10)17-16/h2-7,17H,8,16H2,1H3. The summed E-state index contributed by atoms with van der Waals surface area (Å²) in [6, 6.07) is 10.1. The normalized spacial score (nSPS) is 10.2. The molecule has 0 aliphatic carbocycles. The molecule has 6 nitrogen and oxygen atoms in total. The van der Waals surface area contributed by atoms with Gasteiger partial charge < -0.3 is 10.2 Å². The largest absolute Gasteiger partial charge is 0.487 e. The lowest BCUT2D eigenvalue weighted by atomic mass is 10.1. The zero-order chi connectivity index (χ0) is 15.4. The van der Waals surface area contributed by atoms with E-state index in [2.05, 4.69) is 5.43 Å². The van der Waals surface area contributed by atoms with Crippen molar-refractivity contribution in [1.29, 1.82) is 0 Å². The molecule has 0 aliphatic rings. The van der Waals surface area contributed by atoms with E-state index < -0.39 is 4.92 Å². The third-order valence-electron chi connectivity index (χ3n) is 2.94. The smallest absolute Gasteiger partial charge is 0.294 e. The summed E-state index contributed by atoms with van der Waals surface area (Å²) >= 11 is 6.04. The Morgan fingerprint density at radius 1 is 1.38 bits per heavy atom. The molecule has 0 fully saturated rings. The predicted octanol–water partition coefficient (Wildman–Crippen LogP) is 3.42. The van der Waals surface area contributed by atoms with Crippen molar-refractivity contribution in [2.45, 2.75) is 13.5 Å². The van der Waals surface area contributed by atoms with Crippen LogP contribution in [0.1, 0.15) is 11.1 Å². The highest BCUT2D eigenvalue weighted by molar-refractivity contribution is 6.32. The van der Waals surface area contributed by atoms with Crippen molar-refractivity contribution in [3.8, 4) is 5.75 Å². The Kier molecular flexibility index (Phi) is 4.62. The van der Waals surface area contributed by atoms with Crippen LogP contribution in [0.15, 0.2) is 36.4 Å². The summed E-state index contributed by atoms with van der Waals surface area (Å²) in [6.45, 7) is 2.04. The van der Waals surface area contributed by atoms with E-state index in [1.807, 2.05) is 13.0 Å². The predicted molar refractivity (Wildman–Crippen MR) is 81.4 cm³/mol. The number of halogens is 1. The van der Waals surface area contributed by atoms with E-state index in [0.717, 1.165) is 5.56 Å². The molecule has 21 heavy (non-hydrogen) atoms. The highest BCUT2D eigenvalue weighted by Crippen LogP contribution is 2.30. The van der Waals surface area contributed by atoms with Gasteiger partial charge in [0.15, 0.2) is 0 Å². The van der Waals surface area contributed by atoms with E-state index in [-0.39, 0.29) is 18.0 Å². The maximum absolute atomic E-state index is 11.0. The van der Waals surface area contributed by atoms with E-state index in [9.17, 15) is 10.1 Å². The van der Waals surface area contributed by atoms with Gasteiger partial charge in [-0.3, -0.25) is 16.0 Å². The molecule has 2 rings (SSSR count). The van der Waals surface area contributed by atoms with Gasteiger partial charge >= 0.3 is 0 Å². The molecule has 0 atom stereocenters. The number of hydrogen-bond donors (Lipinski definition) is 2. The van der Waals surface area contributed by atoms with Crippen molar-refractivity contribution in [3.63, 3.8) is 0 Å². The molecule has 0 saturated carbocycles. The minimum Gasteiger partial charge on any atom is -0.487 e. The number of nitrogens with two attached hydrogens (primary N) is 1. The number of hydrogen-bond acceptors (Lipinski definition) is 5. The second-order valence-corrected chi connectivity index (χ2v) is 4.84. The molecule has 110 valence electrons. The summed E-state index contributed by atoms with van der Waals surface area (Å²) in [7, 11) is 0. The van der Waals surface area contributed by atoms with Gasteiger partial charge in [-0.2, -0.15) is 0 Å². The molecule has 0 radical (unpaired) electrons. The number of nitro benzene ring substituents is 1. The number of nitrogens with zero attached hydrogens (tertiary/aromatic N) is 1. The summed E-state index contributed by atoms with van der Waals surface area (Å²) in [5.74, 6) is 5.90. The summed E-state index contributed by atoms with van der Waals surface area (Å²) in [6.07, 6.45) is 0. The summed E-state index contributed by atoms with van der Waals surface area (Å²) in [5, 5.41) is 11.4. The van der Waals surface area contributed by atoms with Crippen molar-refractivity contribution in [2.75, 3.05) is 5.43 Å². The van der Waals surface area contributed by atoms with Gasteiger partial charge in [0.25, 0.3) is 5.69 Å². The minimum atomic E-state index is -0.502. The van der Waals surface area contributed by atoms with Gasteiger partial charge in [-0.05, 0) is 24.6 Å². The Morgan fingerprint density at radius 3 is 2.81 bits per heavy atom. The number of anilines is 1. The Labute approximate surface area is 126 Å².